The smallest absolute Gasteiger partial charge is 0.0162 e. The van der Waals surface area contributed by atoms with E-state index in [0.717, 1.165) is 11.8 Å². The van der Waals surface area contributed by atoms with Gasteiger partial charge in [-0.25, -0.2) is 0 Å². The number of rotatable bonds is 2. The lowest BCUT2D eigenvalue weighted by molar-refractivity contribution is -0.176. The van der Waals surface area contributed by atoms with Crippen molar-refractivity contribution in [1.29, 1.82) is 0 Å². The minimum absolute atomic E-state index is 0.783. The Hall–Kier alpha value is -1.64. The molecule has 3 rings (SSSR count). The highest BCUT2D eigenvalue weighted by molar-refractivity contribution is 5.23. The van der Waals surface area contributed by atoms with E-state index in [1.165, 1.54) is 36.8 Å². The van der Waals surface area contributed by atoms with Gasteiger partial charge in [-0.3, -0.25) is 10.5 Å². The molecule has 0 amide bonds. The van der Waals surface area contributed by atoms with Gasteiger partial charge in [-0.1, -0.05) is 60.7 Å². The van der Waals surface area contributed by atoms with E-state index in [2.05, 4.69) is 60.7 Å². The van der Waals surface area contributed by atoms with Crippen LogP contribution in [0.2, 0.25) is 0 Å². The van der Waals surface area contributed by atoms with Crippen LogP contribution in [0, 0.1) is 0 Å². The van der Waals surface area contributed by atoms with Crippen LogP contribution >= 0.6 is 0 Å². The van der Waals surface area contributed by atoms with Crippen molar-refractivity contribution in [1.82, 2.24) is 0 Å². The Morgan fingerprint density at radius 1 is 0.550 bits per heavy atom. The van der Waals surface area contributed by atoms with E-state index >= 15 is 0 Å². The predicted octanol–water partition coefficient (Wildman–Crippen LogP) is 5.15. The second-order valence-electron chi connectivity index (χ2n) is 5.37. The number of hydrogen-bond donors (Lipinski definition) is 2. The maximum Gasteiger partial charge on any atom is -0.0162 e. The van der Waals surface area contributed by atoms with Crippen LogP contribution in [-0.2, 0) is 0 Å². The van der Waals surface area contributed by atoms with Crippen LogP contribution in [-0.4, -0.2) is 10.5 Å². The molecule has 2 aromatic rings. The molecule has 0 saturated heterocycles. The lowest BCUT2D eigenvalue weighted by Crippen LogP contribution is -2.11. The summed E-state index contributed by atoms with van der Waals surface area (Å²) in [6.45, 7) is 0. The van der Waals surface area contributed by atoms with E-state index in [1.807, 2.05) is 0 Å². The molecule has 2 aromatic carbocycles. The standard InChI is InChI=1S/C18H20.H2O2/c1-3-7-15(8-4-1)17-11-13-18(14-12-17)16-9-5-2-6-10-16;1-2/h1-10,17-18H,11-14H2;1-2H. The fourth-order valence-electron chi connectivity index (χ4n) is 3.21. The molecule has 2 N–H and O–H groups in total. The van der Waals surface area contributed by atoms with Crippen molar-refractivity contribution in [3.05, 3.63) is 71.8 Å². The minimum atomic E-state index is 0.783. The molecule has 0 atom stereocenters. The Morgan fingerprint density at radius 3 is 1.15 bits per heavy atom. The van der Waals surface area contributed by atoms with Gasteiger partial charge in [-0.15, -0.1) is 0 Å². The van der Waals surface area contributed by atoms with Crippen LogP contribution in [0.4, 0.5) is 0 Å². The lowest BCUT2D eigenvalue weighted by atomic mass is 9.76. The quantitative estimate of drug-likeness (QED) is 0.585. The van der Waals surface area contributed by atoms with Gasteiger partial charge in [0.15, 0.2) is 0 Å². The normalized spacial score (nSPS) is 21.7. The van der Waals surface area contributed by atoms with Gasteiger partial charge >= 0.3 is 0 Å². The Bertz CT molecular complexity index is 426. The van der Waals surface area contributed by atoms with Crippen LogP contribution in [0.5, 0.6) is 0 Å². The topological polar surface area (TPSA) is 40.5 Å². The molecule has 0 aromatic heterocycles. The second kappa shape index (κ2) is 7.83. The van der Waals surface area contributed by atoms with Gasteiger partial charge < -0.3 is 0 Å². The zero-order chi connectivity index (χ0) is 14.2. The van der Waals surface area contributed by atoms with Crippen molar-refractivity contribution >= 4 is 0 Å². The maximum atomic E-state index is 6.00. The van der Waals surface area contributed by atoms with Crippen molar-refractivity contribution in [2.45, 2.75) is 37.5 Å². The van der Waals surface area contributed by atoms with Crippen LogP contribution in [0.15, 0.2) is 60.7 Å². The largest absolute Gasteiger partial charge is 0.255 e. The summed E-state index contributed by atoms with van der Waals surface area (Å²) >= 11 is 0. The van der Waals surface area contributed by atoms with E-state index in [0.29, 0.717) is 0 Å². The highest BCUT2D eigenvalue weighted by Gasteiger charge is 2.22. The molecule has 1 aliphatic carbocycles. The highest BCUT2D eigenvalue weighted by Crippen LogP contribution is 2.40. The molecule has 0 radical (unpaired) electrons. The van der Waals surface area contributed by atoms with Crippen LogP contribution < -0.4 is 0 Å². The van der Waals surface area contributed by atoms with Gasteiger partial charge in [0, 0.05) is 0 Å². The lowest BCUT2D eigenvalue weighted by Gasteiger charge is -2.29. The fourth-order valence-corrected chi connectivity index (χ4v) is 3.21. The fraction of sp³-hybridized carbons (Fsp3) is 0.333. The molecule has 2 nitrogen and oxygen atoms in total. The van der Waals surface area contributed by atoms with Gasteiger partial charge in [0.25, 0.3) is 0 Å². The van der Waals surface area contributed by atoms with Gasteiger partial charge in [0.1, 0.15) is 0 Å². The summed E-state index contributed by atoms with van der Waals surface area (Å²) < 4.78 is 0. The molecule has 106 valence electrons. The average molecular weight is 270 g/mol. The van der Waals surface area contributed by atoms with Gasteiger partial charge in [0.05, 0.1) is 0 Å². The van der Waals surface area contributed by atoms with Crippen molar-refractivity contribution in [3.8, 4) is 0 Å². The molecule has 0 unspecified atom stereocenters. The summed E-state index contributed by atoms with van der Waals surface area (Å²) in [5.41, 5.74) is 3.06. The molecule has 0 aliphatic heterocycles. The van der Waals surface area contributed by atoms with Gasteiger partial charge in [-0.2, -0.15) is 0 Å². The molecule has 2 heteroatoms. The van der Waals surface area contributed by atoms with E-state index in [4.69, 9.17) is 10.5 Å². The Labute approximate surface area is 120 Å². The zero-order valence-corrected chi connectivity index (χ0v) is 11.7. The maximum absolute atomic E-state index is 6.00. The van der Waals surface area contributed by atoms with Crippen LogP contribution in [0.3, 0.4) is 0 Å². The first-order valence-corrected chi connectivity index (χ1v) is 7.23. The van der Waals surface area contributed by atoms with E-state index < -0.39 is 0 Å². The minimum Gasteiger partial charge on any atom is -0.255 e. The van der Waals surface area contributed by atoms with E-state index in [-0.39, 0.29) is 0 Å². The second-order valence-corrected chi connectivity index (χ2v) is 5.37. The zero-order valence-electron chi connectivity index (χ0n) is 11.7. The summed E-state index contributed by atoms with van der Waals surface area (Å²) in [6, 6.07) is 22.0. The van der Waals surface area contributed by atoms with Crippen LogP contribution in [0.25, 0.3) is 0 Å². The molecule has 0 heterocycles. The van der Waals surface area contributed by atoms with E-state index in [1.54, 1.807) is 0 Å². The molecular weight excluding hydrogens is 248 g/mol. The first kappa shape index (κ1) is 14.8. The van der Waals surface area contributed by atoms with E-state index in [9.17, 15) is 0 Å². The van der Waals surface area contributed by atoms with Crippen molar-refractivity contribution in [2.24, 2.45) is 0 Å². The van der Waals surface area contributed by atoms with Crippen molar-refractivity contribution < 1.29 is 10.5 Å². The first-order chi connectivity index (χ1) is 9.93. The molecule has 1 aliphatic rings. The number of benzene rings is 2. The first-order valence-electron chi connectivity index (χ1n) is 7.23. The summed E-state index contributed by atoms with van der Waals surface area (Å²) in [5, 5.41) is 12.0. The summed E-state index contributed by atoms with van der Waals surface area (Å²) in [5.74, 6) is 1.57. The molecule has 0 bridgehead atoms. The van der Waals surface area contributed by atoms with Crippen molar-refractivity contribution in [3.63, 3.8) is 0 Å². The van der Waals surface area contributed by atoms with Crippen molar-refractivity contribution in [2.75, 3.05) is 0 Å². The third kappa shape index (κ3) is 3.69. The molecule has 1 fully saturated rings. The SMILES string of the molecule is OO.c1ccc(C2CCC(c3ccccc3)CC2)cc1. The summed E-state index contributed by atoms with van der Waals surface area (Å²) in [7, 11) is 0. The summed E-state index contributed by atoms with van der Waals surface area (Å²) in [4.78, 5) is 0. The molecule has 0 spiro atoms. The van der Waals surface area contributed by atoms with Crippen LogP contribution in [0.1, 0.15) is 48.6 Å². The highest BCUT2D eigenvalue weighted by atomic mass is 17.0. The average Bonchev–Trinajstić information content (AvgIpc) is 2.58. The number of hydrogen-bond acceptors (Lipinski definition) is 2. The third-order valence-corrected chi connectivity index (χ3v) is 4.27. The molecule has 1 saturated carbocycles. The predicted molar refractivity (Wildman–Crippen MR) is 82.1 cm³/mol. The Kier molecular flexibility index (Phi) is 5.78. The monoisotopic (exact) mass is 270 g/mol. The summed E-state index contributed by atoms with van der Waals surface area (Å²) in [6.07, 6.45) is 5.35. The Morgan fingerprint density at radius 2 is 0.850 bits per heavy atom. The molecular formula is C18H22O2. The van der Waals surface area contributed by atoms with Gasteiger partial charge in [-0.05, 0) is 48.6 Å². The molecule has 20 heavy (non-hydrogen) atoms. The Balaban J connectivity index is 0.000000704. The third-order valence-electron chi connectivity index (χ3n) is 4.27. The van der Waals surface area contributed by atoms with Gasteiger partial charge in [0.2, 0.25) is 0 Å².